The number of nitrogens with zero attached hydrogens (tertiary/aromatic N) is 5. The molecule has 0 atom stereocenters. The third-order valence-electron chi connectivity index (χ3n) is 5.53. The number of fused-ring (bicyclic) bond motifs is 1. The number of aromatic nitrogens is 4. The lowest BCUT2D eigenvalue weighted by Gasteiger charge is -2.31. The minimum absolute atomic E-state index is 0.0554. The molecule has 7 nitrogen and oxygen atoms in total. The summed E-state index contributed by atoms with van der Waals surface area (Å²) in [6.07, 6.45) is 6.81. The van der Waals surface area contributed by atoms with E-state index in [2.05, 4.69) is 19.9 Å². The second-order valence-electron chi connectivity index (χ2n) is 7.54. The molecule has 1 saturated heterocycles. The number of rotatable bonds is 4. The zero-order chi connectivity index (χ0) is 20.5. The number of pyridine rings is 1. The van der Waals surface area contributed by atoms with Crippen LogP contribution in [0.4, 0.5) is 10.4 Å². The lowest BCUT2D eigenvalue weighted by atomic mass is 9.97. The summed E-state index contributed by atoms with van der Waals surface area (Å²) in [6, 6.07) is 10.1. The van der Waals surface area contributed by atoms with Crippen LogP contribution in [0.3, 0.4) is 0 Å². The maximum Gasteiger partial charge on any atom is 0.298 e. The van der Waals surface area contributed by atoms with Crippen molar-refractivity contribution >= 4 is 17.1 Å². The number of halogens is 1. The van der Waals surface area contributed by atoms with Gasteiger partial charge in [0.05, 0.1) is 12.0 Å². The quantitative estimate of drug-likeness (QED) is 0.517. The average Bonchev–Trinajstić information content (AvgIpc) is 3.19. The zero-order valence-corrected chi connectivity index (χ0v) is 16.2. The molecular weight excluding hydrogens is 385 g/mol. The largest absolute Gasteiger partial charge is 0.423 e. The van der Waals surface area contributed by atoms with Crippen LogP contribution in [0, 0.1) is 11.7 Å². The molecule has 0 spiro atoms. The van der Waals surface area contributed by atoms with Crippen LogP contribution in [-0.4, -0.2) is 32.6 Å². The van der Waals surface area contributed by atoms with Crippen LogP contribution < -0.4 is 10.5 Å². The first-order valence-corrected chi connectivity index (χ1v) is 9.94. The fourth-order valence-electron chi connectivity index (χ4n) is 3.85. The molecule has 4 heterocycles. The van der Waals surface area contributed by atoms with Crippen molar-refractivity contribution in [1.29, 1.82) is 0 Å². The van der Waals surface area contributed by atoms with Crippen LogP contribution in [-0.2, 0) is 6.54 Å². The highest BCUT2D eigenvalue weighted by Crippen LogP contribution is 2.27. The Hall–Kier alpha value is -3.55. The molecule has 0 amide bonds. The molecule has 8 heteroatoms. The molecule has 5 rings (SSSR count). The molecular formula is C22H20FN5O2. The zero-order valence-electron chi connectivity index (χ0n) is 16.2. The van der Waals surface area contributed by atoms with Gasteiger partial charge in [-0.05, 0) is 43.0 Å². The summed E-state index contributed by atoms with van der Waals surface area (Å²) in [5, 5.41) is 0. The molecule has 0 unspecified atom stereocenters. The minimum Gasteiger partial charge on any atom is -0.423 e. The van der Waals surface area contributed by atoms with Crippen LogP contribution in [0.15, 0.2) is 64.3 Å². The number of anilines is 1. The van der Waals surface area contributed by atoms with E-state index in [0.29, 0.717) is 35.3 Å². The SMILES string of the molecule is O=c1cc(-c2ccncc2)ncn1CC1CCN(c2nc3ccc(F)cc3o2)CC1. The average molecular weight is 405 g/mol. The smallest absolute Gasteiger partial charge is 0.298 e. The maximum absolute atomic E-state index is 13.4. The lowest BCUT2D eigenvalue weighted by Crippen LogP contribution is -2.36. The number of oxazole rings is 1. The van der Waals surface area contributed by atoms with Crippen LogP contribution in [0.1, 0.15) is 12.8 Å². The standard InChI is InChI=1S/C22H20FN5O2/c23-17-1-2-18-20(11-17)30-22(26-18)27-9-5-15(6-10-27)13-28-14-25-19(12-21(28)29)16-3-7-24-8-4-16/h1-4,7-8,11-12,14-15H,5-6,9-10,13H2. The molecule has 4 aromatic rings. The first-order valence-electron chi connectivity index (χ1n) is 9.94. The normalized spacial score (nSPS) is 15.0. The summed E-state index contributed by atoms with van der Waals surface area (Å²) in [7, 11) is 0. The van der Waals surface area contributed by atoms with Gasteiger partial charge in [-0.15, -0.1) is 0 Å². The summed E-state index contributed by atoms with van der Waals surface area (Å²) < 4.78 is 20.8. The predicted octanol–water partition coefficient (Wildman–Crippen LogP) is 3.50. The fraction of sp³-hybridized carbons (Fsp3) is 0.273. The second kappa shape index (κ2) is 7.70. The van der Waals surface area contributed by atoms with Gasteiger partial charge in [-0.1, -0.05) is 0 Å². The van der Waals surface area contributed by atoms with Gasteiger partial charge < -0.3 is 9.32 Å². The van der Waals surface area contributed by atoms with E-state index in [4.69, 9.17) is 4.42 Å². The number of piperidine rings is 1. The Labute approximate surface area is 171 Å². The van der Waals surface area contributed by atoms with Crippen LogP contribution in [0.5, 0.6) is 0 Å². The van der Waals surface area contributed by atoms with Gasteiger partial charge in [-0.25, -0.2) is 9.37 Å². The molecule has 1 aliphatic heterocycles. The molecule has 0 radical (unpaired) electrons. The molecule has 1 fully saturated rings. The summed E-state index contributed by atoms with van der Waals surface area (Å²) in [5.41, 5.74) is 2.58. The number of hydrogen-bond acceptors (Lipinski definition) is 6. The van der Waals surface area contributed by atoms with E-state index in [1.54, 1.807) is 35.4 Å². The Bertz CT molecular complexity index is 1230. The highest BCUT2D eigenvalue weighted by Gasteiger charge is 2.23. The highest BCUT2D eigenvalue weighted by atomic mass is 19.1. The van der Waals surface area contributed by atoms with E-state index in [-0.39, 0.29) is 11.4 Å². The molecule has 0 N–H and O–H groups in total. The Morgan fingerprint density at radius 2 is 1.90 bits per heavy atom. The second-order valence-corrected chi connectivity index (χ2v) is 7.54. The minimum atomic E-state index is -0.335. The van der Waals surface area contributed by atoms with Crippen LogP contribution in [0.2, 0.25) is 0 Å². The van der Waals surface area contributed by atoms with Crippen LogP contribution in [0.25, 0.3) is 22.4 Å². The third kappa shape index (κ3) is 3.68. The molecule has 152 valence electrons. The van der Waals surface area contributed by atoms with E-state index in [0.717, 1.165) is 31.5 Å². The van der Waals surface area contributed by atoms with E-state index < -0.39 is 0 Å². The third-order valence-corrected chi connectivity index (χ3v) is 5.53. The Balaban J connectivity index is 1.24. The molecule has 0 saturated carbocycles. The monoisotopic (exact) mass is 405 g/mol. The van der Waals surface area contributed by atoms with Crippen molar-refractivity contribution in [3.8, 4) is 11.3 Å². The van der Waals surface area contributed by atoms with Gasteiger partial charge in [0.1, 0.15) is 11.3 Å². The Morgan fingerprint density at radius 3 is 2.67 bits per heavy atom. The first kappa shape index (κ1) is 18.5. The van der Waals surface area contributed by atoms with Crippen molar-refractivity contribution in [2.24, 2.45) is 5.92 Å². The van der Waals surface area contributed by atoms with Gasteiger partial charge in [0.15, 0.2) is 5.58 Å². The van der Waals surface area contributed by atoms with Gasteiger partial charge in [0, 0.05) is 49.7 Å². The van der Waals surface area contributed by atoms with Crippen molar-refractivity contribution in [2.75, 3.05) is 18.0 Å². The molecule has 1 aliphatic rings. The summed E-state index contributed by atoms with van der Waals surface area (Å²) in [5.74, 6) is 0.0345. The van der Waals surface area contributed by atoms with Gasteiger partial charge in [0.25, 0.3) is 11.6 Å². The van der Waals surface area contributed by atoms with E-state index in [1.165, 1.54) is 12.1 Å². The van der Waals surface area contributed by atoms with Gasteiger partial charge in [0.2, 0.25) is 0 Å². The number of hydrogen-bond donors (Lipinski definition) is 0. The molecule has 0 aliphatic carbocycles. The summed E-state index contributed by atoms with van der Waals surface area (Å²) in [6.45, 7) is 2.18. The maximum atomic E-state index is 13.4. The van der Waals surface area contributed by atoms with Crippen molar-refractivity contribution < 1.29 is 8.81 Å². The Kier molecular flexibility index (Phi) is 4.74. The molecule has 30 heavy (non-hydrogen) atoms. The summed E-state index contributed by atoms with van der Waals surface area (Å²) in [4.78, 5) is 27.5. The van der Waals surface area contributed by atoms with E-state index >= 15 is 0 Å². The number of benzene rings is 1. The lowest BCUT2D eigenvalue weighted by molar-refractivity contribution is 0.342. The van der Waals surface area contributed by atoms with Crippen molar-refractivity contribution in [1.82, 2.24) is 19.5 Å². The topological polar surface area (TPSA) is 77.1 Å². The van der Waals surface area contributed by atoms with Crippen molar-refractivity contribution in [2.45, 2.75) is 19.4 Å². The van der Waals surface area contributed by atoms with Gasteiger partial charge in [-0.3, -0.25) is 14.3 Å². The molecule has 1 aromatic carbocycles. The first-order chi connectivity index (χ1) is 14.7. The summed E-state index contributed by atoms with van der Waals surface area (Å²) >= 11 is 0. The van der Waals surface area contributed by atoms with Crippen molar-refractivity contribution in [3.63, 3.8) is 0 Å². The van der Waals surface area contributed by atoms with E-state index in [1.807, 2.05) is 12.1 Å². The van der Waals surface area contributed by atoms with Crippen LogP contribution >= 0.6 is 0 Å². The van der Waals surface area contributed by atoms with E-state index in [9.17, 15) is 9.18 Å². The Morgan fingerprint density at radius 1 is 1.10 bits per heavy atom. The van der Waals surface area contributed by atoms with Gasteiger partial charge >= 0.3 is 0 Å². The predicted molar refractivity (Wildman–Crippen MR) is 111 cm³/mol. The van der Waals surface area contributed by atoms with Crippen molar-refractivity contribution in [3.05, 3.63) is 71.3 Å². The molecule has 3 aromatic heterocycles. The fourth-order valence-corrected chi connectivity index (χ4v) is 3.85. The highest BCUT2D eigenvalue weighted by molar-refractivity contribution is 5.74. The molecule has 0 bridgehead atoms. The van der Waals surface area contributed by atoms with Gasteiger partial charge in [-0.2, -0.15) is 4.98 Å².